The van der Waals surface area contributed by atoms with Crippen LogP contribution in [-0.2, 0) is 16.1 Å². The average Bonchev–Trinajstić information content (AvgIpc) is 2.53. The quantitative estimate of drug-likeness (QED) is 0.767. The second-order valence-electron chi connectivity index (χ2n) is 6.00. The van der Waals surface area contributed by atoms with Crippen LogP contribution >= 0.6 is 0 Å². The Balaban J connectivity index is 1.92. The highest BCUT2D eigenvalue weighted by Crippen LogP contribution is 2.27. The largest absolute Gasteiger partial charge is 0.383 e. The van der Waals surface area contributed by atoms with E-state index < -0.39 is 0 Å². The lowest BCUT2D eigenvalue weighted by molar-refractivity contribution is -0.133. The molecule has 1 aliphatic carbocycles. The number of rotatable bonds is 7. The SMILES string of the molecule is COCCN(Cc1ccccc1)C(=O)CC1CCCCC1. The van der Waals surface area contributed by atoms with E-state index in [1.165, 1.54) is 37.7 Å². The lowest BCUT2D eigenvalue weighted by atomic mass is 9.86. The molecule has 0 bridgehead atoms. The van der Waals surface area contributed by atoms with Gasteiger partial charge in [-0.15, -0.1) is 0 Å². The Morgan fingerprint density at radius 1 is 1.19 bits per heavy atom. The zero-order valence-corrected chi connectivity index (χ0v) is 13.1. The second-order valence-corrected chi connectivity index (χ2v) is 6.00. The van der Waals surface area contributed by atoms with Crippen molar-refractivity contribution < 1.29 is 9.53 Å². The highest BCUT2D eigenvalue weighted by Gasteiger charge is 2.21. The Hall–Kier alpha value is -1.35. The maximum Gasteiger partial charge on any atom is 0.223 e. The Bertz CT molecular complexity index is 412. The van der Waals surface area contributed by atoms with Gasteiger partial charge < -0.3 is 9.64 Å². The van der Waals surface area contributed by atoms with Gasteiger partial charge in [-0.3, -0.25) is 4.79 Å². The van der Waals surface area contributed by atoms with E-state index in [2.05, 4.69) is 12.1 Å². The van der Waals surface area contributed by atoms with Gasteiger partial charge in [0.25, 0.3) is 0 Å². The molecule has 1 aromatic carbocycles. The van der Waals surface area contributed by atoms with Crippen molar-refractivity contribution in [3.8, 4) is 0 Å². The van der Waals surface area contributed by atoms with Gasteiger partial charge in [-0.25, -0.2) is 0 Å². The molecular weight excluding hydrogens is 262 g/mol. The fourth-order valence-electron chi connectivity index (χ4n) is 3.06. The number of benzene rings is 1. The van der Waals surface area contributed by atoms with Crippen LogP contribution < -0.4 is 0 Å². The third kappa shape index (κ3) is 5.50. The van der Waals surface area contributed by atoms with Gasteiger partial charge in [0.05, 0.1) is 6.61 Å². The van der Waals surface area contributed by atoms with Gasteiger partial charge >= 0.3 is 0 Å². The third-order valence-corrected chi connectivity index (χ3v) is 4.32. The number of amides is 1. The summed E-state index contributed by atoms with van der Waals surface area (Å²) >= 11 is 0. The molecule has 0 atom stereocenters. The normalized spacial score (nSPS) is 15.9. The maximum absolute atomic E-state index is 12.6. The van der Waals surface area contributed by atoms with Crippen molar-refractivity contribution in [2.24, 2.45) is 5.92 Å². The molecule has 0 saturated heterocycles. The van der Waals surface area contributed by atoms with E-state index in [1.54, 1.807) is 7.11 Å². The summed E-state index contributed by atoms with van der Waals surface area (Å²) in [6.45, 7) is 1.97. The number of ether oxygens (including phenoxy) is 1. The van der Waals surface area contributed by atoms with Gasteiger partial charge in [0, 0.05) is 26.6 Å². The monoisotopic (exact) mass is 289 g/mol. The Labute approximate surface area is 128 Å². The molecule has 21 heavy (non-hydrogen) atoms. The van der Waals surface area contributed by atoms with Gasteiger partial charge in [0.15, 0.2) is 0 Å². The summed E-state index contributed by atoms with van der Waals surface area (Å²) in [4.78, 5) is 14.5. The minimum Gasteiger partial charge on any atom is -0.383 e. The van der Waals surface area contributed by atoms with Crippen LogP contribution in [0, 0.1) is 5.92 Å². The van der Waals surface area contributed by atoms with Gasteiger partial charge in [0.1, 0.15) is 0 Å². The third-order valence-electron chi connectivity index (χ3n) is 4.32. The summed E-state index contributed by atoms with van der Waals surface area (Å²) < 4.78 is 5.16. The van der Waals surface area contributed by atoms with Crippen molar-refractivity contribution >= 4 is 5.91 Å². The predicted octanol–water partition coefficient (Wildman–Crippen LogP) is 3.63. The lowest BCUT2D eigenvalue weighted by Crippen LogP contribution is -2.34. The van der Waals surface area contributed by atoms with Crippen LogP contribution in [0.4, 0.5) is 0 Å². The Morgan fingerprint density at radius 3 is 2.57 bits per heavy atom. The highest BCUT2D eigenvalue weighted by atomic mass is 16.5. The van der Waals surface area contributed by atoms with E-state index in [-0.39, 0.29) is 5.91 Å². The van der Waals surface area contributed by atoms with E-state index in [1.807, 2.05) is 23.1 Å². The molecule has 3 heteroatoms. The summed E-state index contributed by atoms with van der Waals surface area (Å²) in [7, 11) is 1.69. The number of methoxy groups -OCH3 is 1. The minimum absolute atomic E-state index is 0.280. The molecule has 1 aromatic rings. The Morgan fingerprint density at radius 2 is 1.90 bits per heavy atom. The molecule has 2 rings (SSSR count). The molecule has 0 unspecified atom stereocenters. The van der Waals surface area contributed by atoms with E-state index in [9.17, 15) is 4.79 Å². The molecule has 1 saturated carbocycles. The van der Waals surface area contributed by atoms with Crippen molar-refractivity contribution in [3.63, 3.8) is 0 Å². The van der Waals surface area contributed by atoms with Gasteiger partial charge in [-0.05, 0) is 24.3 Å². The zero-order chi connectivity index (χ0) is 14.9. The zero-order valence-electron chi connectivity index (χ0n) is 13.1. The Kier molecular flexibility index (Phi) is 6.74. The van der Waals surface area contributed by atoms with Crippen LogP contribution in [0.2, 0.25) is 0 Å². The molecular formula is C18H27NO2. The van der Waals surface area contributed by atoms with E-state index in [4.69, 9.17) is 4.74 Å². The number of hydrogen-bond acceptors (Lipinski definition) is 2. The molecule has 0 heterocycles. The second kappa shape index (κ2) is 8.83. The van der Waals surface area contributed by atoms with Crippen molar-refractivity contribution in [1.82, 2.24) is 4.90 Å². The molecule has 1 fully saturated rings. The van der Waals surface area contributed by atoms with E-state index in [0.29, 0.717) is 32.0 Å². The first-order chi connectivity index (χ1) is 10.3. The van der Waals surface area contributed by atoms with Crippen LogP contribution in [0.1, 0.15) is 44.1 Å². The molecule has 1 aliphatic rings. The molecule has 116 valence electrons. The van der Waals surface area contributed by atoms with Crippen LogP contribution in [0.15, 0.2) is 30.3 Å². The first-order valence-electron chi connectivity index (χ1n) is 8.10. The first kappa shape index (κ1) is 16.0. The molecule has 0 aliphatic heterocycles. The lowest BCUT2D eigenvalue weighted by Gasteiger charge is -2.27. The fraction of sp³-hybridized carbons (Fsp3) is 0.611. The molecule has 0 spiro atoms. The van der Waals surface area contributed by atoms with Gasteiger partial charge in [-0.1, -0.05) is 49.6 Å². The summed E-state index contributed by atoms with van der Waals surface area (Å²) in [5, 5.41) is 0. The molecule has 0 aromatic heterocycles. The van der Waals surface area contributed by atoms with Crippen molar-refractivity contribution in [2.75, 3.05) is 20.3 Å². The smallest absolute Gasteiger partial charge is 0.223 e. The first-order valence-corrected chi connectivity index (χ1v) is 8.10. The summed E-state index contributed by atoms with van der Waals surface area (Å²) in [6.07, 6.45) is 7.05. The topological polar surface area (TPSA) is 29.5 Å². The molecule has 0 N–H and O–H groups in total. The predicted molar refractivity (Wildman–Crippen MR) is 84.9 cm³/mol. The van der Waals surface area contributed by atoms with Crippen molar-refractivity contribution in [2.45, 2.75) is 45.1 Å². The molecule has 3 nitrogen and oxygen atoms in total. The van der Waals surface area contributed by atoms with Gasteiger partial charge in [0.2, 0.25) is 5.91 Å². The highest BCUT2D eigenvalue weighted by molar-refractivity contribution is 5.76. The number of carbonyl (C=O) groups excluding carboxylic acids is 1. The van der Waals surface area contributed by atoms with E-state index >= 15 is 0 Å². The number of hydrogen-bond donors (Lipinski definition) is 0. The van der Waals surface area contributed by atoms with Crippen LogP contribution in [0.5, 0.6) is 0 Å². The van der Waals surface area contributed by atoms with E-state index in [0.717, 1.165) is 0 Å². The number of nitrogens with zero attached hydrogens (tertiary/aromatic N) is 1. The van der Waals surface area contributed by atoms with Crippen molar-refractivity contribution in [1.29, 1.82) is 0 Å². The number of carbonyl (C=O) groups is 1. The fourth-order valence-corrected chi connectivity index (χ4v) is 3.06. The molecule has 1 amide bonds. The van der Waals surface area contributed by atoms with Crippen LogP contribution in [0.3, 0.4) is 0 Å². The minimum atomic E-state index is 0.280. The average molecular weight is 289 g/mol. The van der Waals surface area contributed by atoms with Crippen LogP contribution in [0.25, 0.3) is 0 Å². The summed E-state index contributed by atoms with van der Waals surface area (Å²) in [6, 6.07) is 10.2. The summed E-state index contributed by atoms with van der Waals surface area (Å²) in [5.74, 6) is 0.870. The standard InChI is InChI=1S/C18H27NO2/c1-21-13-12-19(15-17-10-6-3-7-11-17)18(20)14-16-8-4-2-5-9-16/h3,6-7,10-11,16H,2,4-5,8-9,12-15H2,1H3. The maximum atomic E-state index is 12.6. The molecule has 0 radical (unpaired) electrons. The van der Waals surface area contributed by atoms with Crippen LogP contribution in [-0.4, -0.2) is 31.1 Å². The van der Waals surface area contributed by atoms with Gasteiger partial charge in [-0.2, -0.15) is 0 Å². The summed E-state index contributed by atoms with van der Waals surface area (Å²) in [5.41, 5.74) is 1.19. The van der Waals surface area contributed by atoms with Crippen molar-refractivity contribution in [3.05, 3.63) is 35.9 Å².